The van der Waals surface area contributed by atoms with Crippen molar-refractivity contribution >= 4 is 23.6 Å². The monoisotopic (exact) mass is 311 g/mol. The molecule has 2 aliphatic heterocycles. The van der Waals surface area contributed by atoms with Crippen molar-refractivity contribution in [2.24, 2.45) is 11.8 Å². The fourth-order valence-corrected chi connectivity index (χ4v) is 3.25. The predicted octanol–water partition coefficient (Wildman–Crippen LogP) is 3.03. The predicted molar refractivity (Wildman–Crippen MR) is 74.4 cm³/mol. The Hall–Kier alpha value is -1.62. The summed E-state index contributed by atoms with van der Waals surface area (Å²) in [5.41, 5.74) is 0.702. The maximum atomic E-state index is 13.5. The number of carbonyl (C=O) groups is 2. The van der Waals surface area contributed by atoms with E-state index in [0.29, 0.717) is 18.4 Å². The molecule has 2 saturated heterocycles. The van der Waals surface area contributed by atoms with E-state index in [-0.39, 0.29) is 35.4 Å². The summed E-state index contributed by atoms with van der Waals surface area (Å²) in [6, 6.07) is 4.37. The second-order valence-electron chi connectivity index (χ2n) is 5.71. The SMILES string of the molecule is CC1C[C@@H](Cc2ccc(Cl)c(F)c2)C(=O)N2C(=O)OC[C@H]12. The van der Waals surface area contributed by atoms with E-state index < -0.39 is 11.9 Å². The molecule has 2 amide bonds. The molecule has 2 heterocycles. The van der Waals surface area contributed by atoms with E-state index in [2.05, 4.69) is 0 Å². The van der Waals surface area contributed by atoms with E-state index in [1.807, 2.05) is 6.92 Å². The Morgan fingerprint density at radius 2 is 2.19 bits per heavy atom. The summed E-state index contributed by atoms with van der Waals surface area (Å²) in [5.74, 6) is -0.876. The quantitative estimate of drug-likeness (QED) is 0.843. The van der Waals surface area contributed by atoms with Gasteiger partial charge in [0.15, 0.2) is 0 Å². The van der Waals surface area contributed by atoms with Gasteiger partial charge in [-0.1, -0.05) is 24.6 Å². The molecular weight excluding hydrogens is 297 g/mol. The topological polar surface area (TPSA) is 46.6 Å². The second-order valence-corrected chi connectivity index (χ2v) is 6.12. The van der Waals surface area contributed by atoms with Crippen molar-refractivity contribution in [2.45, 2.75) is 25.8 Å². The Bertz CT molecular complexity index is 607. The Labute approximate surface area is 126 Å². The van der Waals surface area contributed by atoms with Gasteiger partial charge >= 0.3 is 6.09 Å². The molecule has 21 heavy (non-hydrogen) atoms. The highest BCUT2D eigenvalue weighted by atomic mass is 35.5. The van der Waals surface area contributed by atoms with Crippen LogP contribution in [0.15, 0.2) is 18.2 Å². The van der Waals surface area contributed by atoms with Gasteiger partial charge in [-0.25, -0.2) is 14.1 Å². The number of amides is 2. The van der Waals surface area contributed by atoms with Gasteiger partial charge in [-0.3, -0.25) is 4.79 Å². The number of piperidine rings is 1. The molecule has 1 unspecified atom stereocenters. The first-order valence-corrected chi connectivity index (χ1v) is 7.29. The third kappa shape index (κ3) is 2.50. The number of cyclic esters (lactones) is 1. The first-order chi connectivity index (χ1) is 9.97. The molecule has 0 spiro atoms. The smallest absolute Gasteiger partial charge is 0.416 e. The van der Waals surface area contributed by atoms with Crippen LogP contribution in [0.2, 0.25) is 5.02 Å². The first-order valence-electron chi connectivity index (χ1n) is 6.91. The summed E-state index contributed by atoms with van der Waals surface area (Å²) in [6.45, 7) is 2.27. The van der Waals surface area contributed by atoms with Gasteiger partial charge in [-0.05, 0) is 36.5 Å². The average Bonchev–Trinajstić information content (AvgIpc) is 2.83. The Balaban J connectivity index is 1.80. The van der Waals surface area contributed by atoms with Crippen LogP contribution in [0.1, 0.15) is 18.9 Å². The summed E-state index contributed by atoms with van der Waals surface area (Å²) in [4.78, 5) is 25.3. The largest absolute Gasteiger partial charge is 0.447 e. The lowest BCUT2D eigenvalue weighted by Gasteiger charge is -2.35. The van der Waals surface area contributed by atoms with Crippen molar-refractivity contribution in [2.75, 3.05) is 6.61 Å². The zero-order chi connectivity index (χ0) is 15.1. The van der Waals surface area contributed by atoms with Gasteiger partial charge in [0, 0.05) is 5.92 Å². The van der Waals surface area contributed by atoms with Crippen LogP contribution in [0.3, 0.4) is 0 Å². The van der Waals surface area contributed by atoms with Crippen LogP contribution < -0.4 is 0 Å². The number of hydrogen-bond donors (Lipinski definition) is 0. The Morgan fingerprint density at radius 1 is 1.43 bits per heavy atom. The van der Waals surface area contributed by atoms with Crippen LogP contribution >= 0.6 is 11.6 Å². The van der Waals surface area contributed by atoms with Crippen molar-refractivity contribution in [3.8, 4) is 0 Å². The highest BCUT2D eigenvalue weighted by Crippen LogP contribution is 2.34. The molecule has 1 aromatic carbocycles. The van der Waals surface area contributed by atoms with E-state index in [0.717, 1.165) is 0 Å². The maximum Gasteiger partial charge on any atom is 0.416 e. The molecule has 112 valence electrons. The molecule has 2 aliphatic rings. The van der Waals surface area contributed by atoms with Gasteiger partial charge < -0.3 is 4.74 Å². The first kappa shape index (κ1) is 14.3. The summed E-state index contributed by atoms with van der Waals surface area (Å²) >= 11 is 5.66. The van der Waals surface area contributed by atoms with Crippen LogP contribution in [0.5, 0.6) is 0 Å². The van der Waals surface area contributed by atoms with Crippen molar-refractivity contribution in [1.29, 1.82) is 0 Å². The number of benzene rings is 1. The third-order valence-corrected chi connectivity index (χ3v) is 4.58. The van der Waals surface area contributed by atoms with Crippen molar-refractivity contribution in [3.63, 3.8) is 0 Å². The molecule has 3 rings (SSSR count). The molecule has 3 atom stereocenters. The van der Waals surface area contributed by atoms with E-state index >= 15 is 0 Å². The summed E-state index contributed by atoms with van der Waals surface area (Å²) < 4.78 is 18.4. The number of halogens is 2. The molecule has 1 aromatic rings. The fourth-order valence-electron chi connectivity index (χ4n) is 3.13. The summed E-state index contributed by atoms with van der Waals surface area (Å²) in [6.07, 6.45) is 0.498. The minimum absolute atomic E-state index is 0.0604. The van der Waals surface area contributed by atoms with Crippen molar-refractivity contribution in [3.05, 3.63) is 34.6 Å². The molecule has 4 nitrogen and oxygen atoms in total. The number of hydrogen-bond acceptors (Lipinski definition) is 3. The van der Waals surface area contributed by atoms with Crippen molar-refractivity contribution < 1.29 is 18.7 Å². The third-order valence-electron chi connectivity index (χ3n) is 4.27. The number of rotatable bonds is 2. The van der Waals surface area contributed by atoms with Crippen LogP contribution in [0.25, 0.3) is 0 Å². The minimum atomic E-state index is -0.566. The van der Waals surface area contributed by atoms with Crippen LogP contribution in [-0.2, 0) is 16.0 Å². The standard InChI is InChI=1S/C15H15ClFNO3/c1-8-4-10(5-9-2-3-11(16)12(17)6-9)14(19)18-13(8)7-21-15(18)20/h2-3,6,8,10,13H,4-5,7H2,1H3/t8?,10-,13+/m0/s1. The van der Waals surface area contributed by atoms with E-state index in [9.17, 15) is 14.0 Å². The number of nitrogens with zero attached hydrogens (tertiary/aromatic N) is 1. The number of fused-ring (bicyclic) bond motifs is 1. The minimum Gasteiger partial charge on any atom is -0.447 e. The summed E-state index contributed by atoms with van der Waals surface area (Å²) in [7, 11) is 0. The second kappa shape index (κ2) is 5.30. The average molecular weight is 312 g/mol. The molecule has 0 aromatic heterocycles. The number of imide groups is 1. The molecule has 2 fully saturated rings. The highest BCUT2D eigenvalue weighted by molar-refractivity contribution is 6.30. The number of carbonyl (C=O) groups excluding carboxylic acids is 2. The number of ether oxygens (including phenoxy) is 1. The van der Waals surface area contributed by atoms with E-state index in [1.54, 1.807) is 6.07 Å². The maximum absolute atomic E-state index is 13.5. The van der Waals surface area contributed by atoms with Gasteiger partial charge in [-0.15, -0.1) is 0 Å². The van der Waals surface area contributed by atoms with Gasteiger partial charge in [0.2, 0.25) is 5.91 Å². The lowest BCUT2D eigenvalue weighted by atomic mass is 9.81. The molecule has 0 radical (unpaired) electrons. The van der Waals surface area contributed by atoms with Crippen molar-refractivity contribution in [1.82, 2.24) is 4.90 Å². The molecule has 6 heteroatoms. The van der Waals surface area contributed by atoms with Crippen LogP contribution in [0.4, 0.5) is 9.18 Å². The zero-order valence-corrected chi connectivity index (χ0v) is 12.3. The highest BCUT2D eigenvalue weighted by Gasteiger charge is 2.47. The lowest BCUT2D eigenvalue weighted by molar-refractivity contribution is -0.138. The van der Waals surface area contributed by atoms with Gasteiger partial charge in [0.1, 0.15) is 12.4 Å². The van der Waals surface area contributed by atoms with Crippen LogP contribution in [-0.4, -0.2) is 29.5 Å². The molecule has 0 aliphatic carbocycles. The molecule has 0 N–H and O–H groups in total. The lowest BCUT2D eigenvalue weighted by Crippen LogP contribution is -2.51. The van der Waals surface area contributed by atoms with E-state index in [4.69, 9.17) is 16.3 Å². The Kier molecular flexibility index (Phi) is 3.61. The van der Waals surface area contributed by atoms with Gasteiger partial charge in [0.25, 0.3) is 0 Å². The van der Waals surface area contributed by atoms with Gasteiger partial charge in [-0.2, -0.15) is 0 Å². The molecule has 0 bridgehead atoms. The molecule has 0 saturated carbocycles. The van der Waals surface area contributed by atoms with Gasteiger partial charge in [0.05, 0.1) is 11.1 Å². The normalized spacial score (nSPS) is 28.5. The summed E-state index contributed by atoms with van der Waals surface area (Å²) in [5, 5.41) is 0.0604. The van der Waals surface area contributed by atoms with Crippen LogP contribution in [0, 0.1) is 17.7 Å². The molecular formula is C15H15ClFNO3. The fraction of sp³-hybridized carbons (Fsp3) is 0.467. The van der Waals surface area contributed by atoms with E-state index in [1.165, 1.54) is 17.0 Å². The Morgan fingerprint density at radius 3 is 2.90 bits per heavy atom. The zero-order valence-electron chi connectivity index (χ0n) is 11.5.